The molecule has 4 atom stereocenters. The van der Waals surface area contributed by atoms with Gasteiger partial charge in [-0.15, -0.1) is 0 Å². The Morgan fingerprint density at radius 1 is 1.20 bits per heavy atom. The molecule has 0 aromatic heterocycles. The lowest BCUT2D eigenvalue weighted by Gasteiger charge is -2.44. The summed E-state index contributed by atoms with van der Waals surface area (Å²) in [4.78, 5) is 0. The molecule has 0 aromatic carbocycles. The van der Waals surface area contributed by atoms with Crippen molar-refractivity contribution in [2.75, 3.05) is 13.1 Å². The molecule has 2 N–H and O–H groups in total. The lowest BCUT2D eigenvalue weighted by atomic mass is 9.67. The molecular weight excluding hydrogens is 186 g/mol. The van der Waals surface area contributed by atoms with Crippen LogP contribution in [0.3, 0.4) is 0 Å². The van der Waals surface area contributed by atoms with Gasteiger partial charge < -0.3 is 10.4 Å². The Balaban J connectivity index is 1.97. The molecule has 2 heteroatoms. The third-order valence-electron chi connectivity index (χ3n) is 4.75. The zero-order chi connectivity index (χ0) is 10.9. The molecule has 1 aliphatic carbocycles. The van der Waals surface area contributed by atoms with Crippen LogP contribution in [0.2, 0.25) is 0 Å². The lowest BCUT2D eigenvalue weighted by molar-refractivity contribution is -0.0622. The average molecular weight is 211 g/mol. The number of hydrogen-bond acceptors (Lipinski definition) is 2. The Kier molecular flexibility index (Phi) is 3.36. The Morgan fingerprint density at radius 3 is 2.60 bits per heavy atom. The molecule has 0 aromatic rings. The van der Waals surface area contributed by atoms with Gasteiger partial charge in [0.2, 0.25) is 0 Å². The van der Waals surface area contributed by atoms with Gasteiger partial charge >= 0.3 is 0 Å². The molecule has 0 bridgehead atoms. The molecular formula is C13H25NO. The van der Waals surface area contributed by atoms with Crippen LogP contribution < -0.4 is 5.32 Å². The van der Waals surface area contributed by atoms with Crippen molar-refractivity contribution in [1.82, 2.24) is 5.32 Å². The summed E-state index contributed by atoms with van der Waals surface area (Å²) in [6.07, 6.45) is 5.89. The summed E-state index contributed by atoms with van der Waals surface area (Å²) < 4.78 is 0. The van der Waals surface area contributed by atoms with E-state index in [-0.39, 0.29) is 0 Å². The molecule has 15 heavy (non-hydrogen) atoms. The highest BCUT2D eigenvalue weighted by atomic mass is 16.3. The summed E-state index contributed by atoms with van der Waals surface area (Å²) >= 11 is 0. The van der Waals surface area contributed by atoms with Gasteiger partial charge in [0, 0.05) is 6.54 Å². The van der Waals surface area contributed by atoms with Crippen LogP contribution in [0.1, 0.15) is 46.0 Å². The SMILES string of the molecule is CC1CCC(C2(O)CCCNC2)CC1C. The number of β-amino-alcohol motifs (C(OH)–C–C–N with tert-alkyl or cyclic N) is 1. The van der Waals surface area contributed by atoms with Crippen molar-refractivity contribution in [2.24, 2.45) is 17.8 Å². The molecule has 88 valence electrons. The van der Waals surface area contributed by atoms with Gasteiger partial charge in [0.15, 0.2) is 0 Å². The van der Waals surface area contributed by atoms with Crippen LogP contribution in [0, 0.1) is 17.8 Å². The fourth-order valence-electron chi connectivity index (χ4n) is 3.30. The van der Waals surface area contributed by atoms with Gasteiger partial charge in [-0.25, -0.2) is 0 Å². The van der Waals surface area contributed by atoms with E-state index in [2.05, 4.69) is 19.2 Å². The number of aliphatic hydroxyl groups is 1. The highest BCUT2D eigenvalue weighted by Crippen LogP contribution is 2.41. The van der Waals surface area contributed by atoms with Gasteiger partial charge in [-0.2, -0.15) is 0 Å². The van der Waals surface area contributed by atoms with Gasteiger partial charge in [-0.1, -0.05) is 20.3 Å². The fourth-order valence-corrected chi connectivity index (χ4v) is 3.30. The molecule has 1 saturated heterocycles. The maximum Gasteiger partial charge on any atom is 0.0800 e. The van der Waals surface area contributed by atoms with Crippen LogP contribution in [0.25, 0.3) is 0 Å². The normalized spacial score (nSPS) is 47.8. The van der Waals surface area contributed by atoms with Crippen LogP contribution in [0.5, 0.6) is 0 Å². The minimum absolute atomic E-state index is 0.396. The van der Waals surface area contributed by atoms with E-state index in [9.17, 15) is 5.11 Å². The van der Waals surface area contributed by atoms with Gasteiger partial charge in [0.25, 0.3) is 0 Å². The van der Waals surface area contributed by atoms with Crippen LogP contribution >= 0.6 is 0 Å². The molecule has 0 spiro atoms. The lowest BCUT2D eigenvalue weighted by Crippen LogP contribution is -2.52. The second-order valence-corrected chi connectivity index (χ2v) is 5.85. The summed E-state index contributed by atoms with van der Waals surface area (Å²) in [5.41, 5.74) is -0.396. The topological polar surface area (TPSA) is 32.3 Å². The molecule has 1 saturated carbocycles. The van der Waals surface area contributed by atoms with Crippen molar-refractivity contribution >= 4 is 0 Å². The summed E-state index contributed by atoms with van der Waals surface area (Å²) in [7, 11) is 0. The first kappa shape index (κ1) is 11.4. The van der Waals surface area contributed by atoms with E-state index in [4.69, 9.17) is 0 Å². The maximum atomic E-state index is 10.6. The molecule has 0 radical (unpaired) electrons. The second-order valence-electron chi connectivity index (χ2n) is 5.85. The largest absolute Gasteiger partial charge is 0.388 e. The minimum Gasteiger partial charge on any atom is -0.388 e. The Hall–Kier alpha value is -0.0800. The monoisotopic (exact) mass is 211 g/mol. The third kappa shape index (κ3) is 2.36. The molecule has 1 heterocycles. The molecule has 2 fully saturated rings. The van der Waals surface area contributed by atoms with Crippen LogP contribution in [0.15, 0.2) is 0 Å². The van der Waals surface area contributed by atoms with E-state index in [1.807, 2.05) is 0 Å². The number of rotatable bonds is 1. The fraction of sp³-hybridized carbons (Fsp3) is 1.00. The van der Waals surface area contributed by atoms with Crippen molar-refractivity contribution in [3.8, 4) is 0 Å². The molecule has 2 nitrogen and oxygen atoms in total. The highest BCUT2D eigenvalue weighted by molar-refractivity contribution is 4.94. The highest BCUT2D eigenvalue weighted by Gasteiger charge is 2.40. The molecule has 0 amide bonds. The molecule has 2 aliphatic rings. The van der Waals surface area contributed by atoms with E-state index in [0.29, 0.717) is 5.92 Å². The van der Waals surface area contributed by atoms with Crippen molar-refractivity contribution in [2.45, 2.75) is 51.6 Å². The number of piperidine rings is 1. The Morgan fingerprint density at radius 2 is 2.00 bits per heavy atom. The first-order chi connectivity index (χ1) is 7.12. The summed E-state index contributed by atoms with van der Waals surface area (Å²) in [5.74, 6) is 2.17. The van der Waals surface area contributed by atoms with E-state index in [0.717, 1.165) is 37.8 Å². The zero-order valence-corrected chi connectivity index (χ0v) is 10.1. The van der Waals surface area contributed by atoms with Gasteiger partial charge in [-0.05, 0) is 50.0 Å². The van der Waals surface area contributed by atoms with Crippen molar-refractivity contribution < 1.29 is 5.11 Å². The Labute approximate surface area is 93.5 Å². The zero-order valence-electron chi connectivity index (χ0n) is 10.1. The van der Waals surface area contributed by atoms with Gasteiger partial charge in [0.1, 0.15) is 0 Å². The van der Waals surface area contributed by atoms with Gasteiger partial charge in [-0.3, -0.25) is 0 Å². The minimum atomic E-state index is -0.396. The van der Waals surface area contributed by atoms with E-state index in [1.165, 1.54) is 19.3 Å². The number of nitrogens with one attached hydrogen (secondary N) is 1. The van der Waals surface area contributed by atoms with Crippen LogP contribution in [-0.4, -0.2) is 23.8 Å². The second kappa shape index (κ2) is 4.42. The van der Waals surface area contributed by atoms with E-state index in [1.54, 1.807) is 0 Å². The van der Waals surface area contributed by atoms with E-state index < -0.39 is 5.60 Å². The predicted octanol–water partition coefficient (Wildman–Crippen LogP) is 2.17. The van der Waals surface area contributed by atoms with Crippen LogP contribution in [0.4, 0.5) is 0 Å². The summed E-state index contributed by atoms with van der Waals surface area (Å²) in [6, 6.07) is 0. The molecule has 1 aliphatic heterocycles. The van der Waals surface area contributed by atoms with Crippen molar-refractivity contribution in [1.29, 1.82) is 0 Å². The predicted molar refractivity (Wildman–Crippen MR) is 62.7 cm³/mol. The standard InChI is InChI=1S/C13H25NO/c1-10-4-5-12(8-11(10)2)13(15)6-3-7-14-9-13/h10-12,14-15H,3-9H2,1-2H3. The third-order valence-corrected chi connectivity index (χ3v) is 4.75. The smallest absolute Gasteiger partial charge is 0.0800 e. The van der Waals surface area contributed by atoms with Crippen molar-refractivity contribution in [3.63, 3.8) is 0 Å². The molecule has 4 unspecified atom stereocenters. The average Bonchev–Trinajstić information content (AvgIpc) is 2.23. The maximum absolute atomic E-state index is 10.6. The van der Waals surface area contributed by atoms with Gasteiger partial charge in [0.05, 0.1) is 5.60 Å². The first-order valence-electron chi connectivity index (χ1n) is 6.55. The quantitative estimate of drug-likeness (QED) is 0.697. The van der Waals surface area contributed by atoms with E-state index >= 15 is 0 Å². The Bertz CT molecular complexity index is 211. The summed E-state index contributed by atoms with van der Waals surface area (Å²) in [6.45, 7) is 6.60. The summed E-state index contributed by atoms with van der Waals surface area (Å²) in [5, 5.41) is 14.0. The van der Waals surface area contributed by atoms with Crippen LogP contribution in [-0.2, 0) is 0 Å². The number of hydrogen-bond donors (Lipinski definition) is 2. The molecule has 2 rings (SSSR count). The first-order valence-corrected chi connectivity index (χ1v) is 6.55. The van der Waals surface area contributed by atoms with Crippen molar-refractivity contribution in [3.05, 3.63) is 0 Å².